The lowest BCUT2D eigenvalue weighted by atomic mass is 9.82. The Hall–Kier alpha value is -7.02. The van der Waals surface area contributed by atoms with Crippen LogP contribution in [0.25, 0.3) is 121 Å². The maximum atomic E-state index is 2.55. The molecule has 0 heteroatoms. The van der Waals surface area contributed by atoms with Gasteiger partial charge >= 0.3 is 0 Å². The normalized spacial score (nSPS) is 12.1. The van der Waals surface area contributed by atoms with Crippen molar-refractivity contribution in [3.05, 3.63) is 192 Å². The van der Waals surface area contributed by atoms with Gasteiger partial charge in [0.15, 0.2) is 0 Å². The molecular formula is C58H40. The van der Waals surface area contributed by atoms with Gasteiger partial charge in [0.1, 0.15) is 0 Å². The van der Waals surface area contributed by atoms with Gasteiger partial charge in [-0.3, -0.25) is 0 Å². The molecule has 0 nitrogen and oxygen atoms in total. The summed E-state index contributed by atoms with van der Waals surface area (Å²) in [7, 11) is 0. The number of benzene rings is 11. The van der Waals surface area contributed by atoms with Crippen LogP contribution in [0.15, 0.2) is 170 Å². The number of hydrogen-bond acceptors (Lipinski definition) is 0. The molecule has 0 spiro atoms. The van der Waals surface area contributed by atoms with Crippen molar-refractivity contribution < 1.29 is 0 Å². The van der Waals surface area contributed by atoms with Crippen molar-refractivity contribution in [1.29, 1.82) is 0 Å². The van der Waals surface area contributed by atoms with Gasteiger partial charge in [0, 0.05) is 0 Å². The third-order valence-electron chi connectivity index (χ3n) is 13.2. The van der Waals surface area contributed by atoms with Crippen molar-refractivity contribution in [2.75, 3.05) is 0 Å². The Kier molecular flexibility index (Phi) is 7.00. The van der Waals surface area contributed by atoms with Crippen LogP contribution in [-0.4, -0.2) is 0 Å². The Morgan fingerprint density at radius 2 is 0.759 bits per heavy atom. The lowest BCUT2D eigenvalue weighted by Gasteiger charge is -2.21. The summed E-state index contributed by atoms with van der Waals surface area (Å²) < 4.78 is 0. The average molecular weight is 737 g/mol. The van der Waals surface area contributed by atoms with Crippen molar-refractivity contribution in [2.24, 2.45) is 0 Å². The fourth-order valence-corrected chi connectivity index (χ4v) is 10.8. The predicted molar refractivity (Wildman–Crippen MR) is 250 cm³/mol. The summed E-state index contributed by atoms with van der Waals surface area (Å²) >= 11 is 0. The first-order valence-corrected chi connectivity index (χ1v) is 20.5. The molecule has 1 aliphatic carbocycles. The highest BCUT2D eigenvalue weighted by Gasteiger charge is 2.29. The Bertz CT molecular complexity index is 3470. The fraction of sp³-hybridized carbons (Fsp3) is 0.0690. The van der Waals surface area contributed by atoms with Crippen molar-refractivity contribution in [2.45, 2.75) is 27.7 Å². The van der Waals surface area contributed by atoms with Gasteiger partial charge in [-0.2, -0.15) is 0 Å². The van der Waals surface area contributed by atoms with Crippen LogP contribution in [0, 0.1) is 27.7 Å². The molecule has 11 aromatic carbocycles. The Morgan fingerprint density at radius 3 is 1.40 bits per heavy atom. The van der Waals surface area contributed by atoms with Crippen molar-refractivity contribution >= 4 is 53.9 Å². The molecule has 0 radical (unpaired) electrons. The van der Waals surface area contributed by atoms with Crippen LogP contribution in [0.2, 0.25) is 0 Å². The van der Waals surface area contributed by atoms with E-state index in [-0.39, 0.29) is 0 Å². The minimum atomic E-state index is 1.23. The number of rotatable bonds is 4. The molecule has 0 aliphatic heterocycles. The molecule has 0 unspecified atom stereocenters. The number of fused-ring (bicyclic) bond motifs is 5. The zero-order valence-electron chi connectivity index (χ0n) is 33.2. The van der Waals surface area contributed by atoms with Gasteiger partial charge in [-0.05, 0) is 201 Å². The van der Waals surface area contributed by atoms with Gasteiger partial charge in [0.05, 0.1) is 0 Å². The molecule has 0 saturated carbocycles. The Morgan fingerprint density at radius 1 is 0.241 bits per heavy atom. The summed E-state index contributed by atoms with van der Waals surface area (Å²) in [5.74, 6) is 0. The largest absolute Gasteiger partial charge is 0.0622 e. The van der Waals surface area contributed by atoms with Gasteiger partial charge in [-0.1, -0.05) is 140 Å². The second-order valence-corrected chi connectivity index (χ2v) is 16.6. The van der Waals surface area contributed by atoms with Crippen LogP contribution >= 0.6 is 0 Å². The third-order valence-corrected chi connectivity index (χ3v) is 13.2. The molecule has 12 rings (SSSR count). The average Bonchev–Trinajstić information content (AvgIpc) is 3.54. The first kappa shape index (κ1) is 33.2. The Balaban J connectivity index is 1.28. The minimum Gasteiger partial charge on any atom is -0.0622 e. The lowest BCUT2D eigenvalue weighted by Crippen LogP contribution is -1.94. The van der Waals surface area contributed by atoms with E-state index in [1.165, 1.54) is 143 Å². The molecule has 0 fully saturated rings. The van der Waals surface area contributed by atoms with E-state index >= 15 is 0 Å². The molecule has 0 amide bonds. The summed E-state index contributed by atoms with van der Waals surface area (Å²) in [6, 6.07) is 64.4. The summed E-state index contributed by atoms with van der Waals surface area (Å²) in [6.45, 7) is 9.00. The smallest absolute Gasteiger partial charge is 0.000806 e. The van der Waals surface area contributed by atoms with E-state index in [9.17, 15) is 0 Å². The molecule has 1 aliphatic rings. The summed E-state index contributed by atoms with van der Waals surface area (Å²) in [6.07, 6.45) is 0. The maximum absolute atomic E-state index is 2.55. The van der Waals surface area contributed by atoms with Crippen molar-refractivity contribution in [3.63, 3.8) is 0 Å². The van der Waals surface area contributed by atoms with Gasteiger partial charge in [-0.25, -0.2) is 0 Å². The van der Waals surface area contributed by atoms with Gasteiger partial charge < -0.3 is 0 Å². The van der Waals surface area contributed by atoms with Crippen molar-refractivity contribution in [1.82, 2.24) is 0 Å². The van der Waals surface area contributed by atoms with E-state index in [0.717, 1.165) is 0 Å². The third kappa shape index (κ3) is 4.58. The minimum absolute atomic E-state index is 1.23. The molecule has 0 atom stereocenters. The highest BCUT2D eigenvalue weighted by molar-refractivity contribution is 6.35. The molecule has 0 aromatic heterocycles. The van der Waals surface area contributed by atoms with Gasteiger partial charge in [0.25, 0.3) is 0 Å². The maximum Gasteiger partial charge on any atom is -0.000806 e. The van der Waals surface area contributed by atoms with E-state index < -0.39 is 0 Å². The first-order valence-electron chi connectivity index (χ1n) is 20.5. The SMILES string of the molecule is Cc1cccc(C)c1-c1ccc2c(-c3ccccc3)c3cc4c(cc3c(-c3ccccc3)c2c1)-c1cc2cccc3ccc5c(-c6c(C)cccc6C)cc-4c1c5c32. The van der Waals surface area contributed by atoms with Crippen molar-refractivity contribution in [3.8, 4) is 66.8 Å². The Labute approximate surface area is 339 Å². The molecule has 58 heavy (non-hydrogen) atoms. The summed E-state index contributed by atoms with van der Waals surface area (Å²) in [4.78, 5) is 0. The van der Waals surface area contributed by atoms with E-state index in [4.69, 9.17) is 0 Å². The standard InChI is InChI=1S/C58H40/c1-33-14-11-15-34(2)52(33)41-25-27-42-46(29-41)56(38-20-9-6-10-21-38)51-30-44-45(31-50(51)55(42)37-18-7-5-8-19-37)49-32-48(53-35(3)16-12-17-36(53)4)43-26-24-39-22-13-23-40-28-47(44)57(49)58(43)54(39)40/h5-32H,1-4H3. The second kappa shape index (κ2) is 12.2. The fourth-order valence-electron chi connectivity index (χ4n) is 10.8. The highest BCUT2D eigenvalue weighted by atomic mass is 14.3. The number of hydrogen-bond donors (Lipinski definition) is 0. The molecule has 272 valence electrons. The molecular weight excluding hydrogens is 697 g/mol. The van der Waals surface area contributed by atoms with Crippen LogP contribution in [0.1, 0.15) is 22.3 Å². The second-order valence-electron chi connectivity index (χ2n) is 16.6. The van der Waals surface area contributed by atoms with Crippen LogP contribution in [0.5, 0.6) is 0 Å². The van der Waals surface area contributed by atoms with Crippen LogP contribution < -0.4 is 0 Å². The highest BCUT2D eigenvalue weighted by Crippen LogP contribution is 2.57. The molecule has 11 aromatic rings. The van der Waals surface area contributed by atoms with Crippen LogP contribution in [0.4, 0.5) is 0 Å². The zero-order valence-corrected chi connectivity index (χ0v) is 33.2. The van der Waals surface area contributed by atoms with E-state index in [1.54, 1.807) is 0 Å². The summed E-state index contributed by atoms with van der Waals surface area (Å²) in [5.41, 5.74) is 20.8. The molecule has 0 bridgehead atoms. The zero-order chi connectivity index (χ0) is 38.8. The van der Waals surface area contributed by atoms with Gasteiger partial charge in [0.2, 0.25) is 0 Å². The predicted octanol–water partition coefficient (Wildman–Crippen LogP) is 16.4. The monoisotopic (exact) mass is 736 g/mol. The number of aryl methyl sites for hydroxylation is 4. The van der Waals surface area contributed by atoms with E-state index in [0.29, 0.717) is 0 Å². The molecule has 0 N–H and O–H groups in total. The van der Waals surface area contributed by atoms with Crippen LogP contribution in [-0.2, 0) is 0 Å². The van der Waals surface area contributed by atoms with E-state index in [1.807, 2.05) is 0 Å². The lowest BCUT2D eigenvalue weighted by molar-refractivity contribution is 1.38. The molecule has 0 saturated heterocycles. The quantitative estimate of drug-likeness (QED) is 0.125. The molecule has 0 heterocycles. The van der Waals surface area contributed by atoms with E-state index in [2.05, 4.69) is 198 Å². The van der Waals surface area contributed by atoms with Crippen LogP contribution in [0.3, 0.4) is 0 Å². The van der Waals surface area contributed by atoms with Gasteiger partial charge in [-0.15, -0.1) is 0 Å². The summed E-state index contributed by atoms with van der Waals surface area (Å²) in [5, 5.41) is 13.2. The first-order chi connectivity index (χ1) is 28.4. The topological polar surface area (TPSA) is 0 Å².